The molecule has 0 aromatic carbocycles. The maximum atomic E-state index is 12.4. The fourth-order valence-electron chi connectivity index (χ4n) is 3.58. The predicted molar refractivity (Wildman–Crippen MR) is 162 cm³/mol. The molecule has 6 nitrogen and oxygen atoms in total. The largest absolute Gasteiger partial charge is 0.388 e. The zero-order chi connectivity index (χ0) is 27.0. The summed E-state index contributed by atoms with van der Waals surface area (Å²) >= 11 is 0. The normalized spacial score (nSPS) is 16.4. The number of hydrogen-bond donors (Lipinski definition) is 2. The Morgan fingerprint density at radius 1 is 0.789 bits per heavy atom. The quantitative estimate of drug-likeness (QED) is 0.179. The molecule has 2 amide bonds. The van der Waals surface area contributed by atoms with Crippen LogP contribution < -0.4 is 5.32 Å². The lowest BCUT2D eigenvalue weighted by Crippen LogP contribution is -2.37. The van der Waals surface area contributed by atoms with Gasteiger partial charge in [0.1, 0.15) is 6.61 Å². The minimum Gasteiger partial charge on any atom is -0.388 e. The Labute approximate surface area is 236 Å². The second kappa shape index (κ2) is 24.4. The van der Waals surface area contributed by atoms with Crippen molar-refractivity contribution in [3.63, 3.8) is 0 Å². The first-order valence-corrected chi connectivity index (χ1v) is 13.4. The number of rotatable bonds is 18. The Hall–Kier alpha value is -2.90. The highest BCUT2D eigenvalue weighted by Gasteiger charge is 2.26. The maximum absolute atomic E-state index is 12.4. The molecule has 0 aromatic heterocycles. The van der Waals surface area contributed by atoms with Gasteiger partial charge in [-0.15, -0.1) is 0 Å². The smallest absolute Gasteiger partial charge is 0.244 e. The van der Waals surface area contributed by atoms with Gasteiger partial charge in [0.2, 0.25) is 11.8 Å². The van der Waals surface area contributed by atoms with E-state index in [2.05, 4.69) is 79.1 Å². The Balaban J connectivity index is 0.0000137. The average Bonchev–Trinajstić information content (AvgIpc) is 3.37. The minimum atomic E-state index is -0.619. The molecule has 1 fully saturated rings. The molecule has 0 radical (unpaired) electrons. The molecule has 210 valence electrons. The van der Waals surface area contributed by atoms with E-state index in [1.54, 1.807) is 4.90 Å². The van der Waals surface area contributed by atoms with Gasteiger partial charge in [0.25, 0.3) is 0 Å². The van der Waals surface area contributed by atoms with Crippen LogP contribution in [0.3, 0.4) is 0 Å². The molecule has 7 heteroatoms. The van der Waals surface area contributed by atoms with Crippen LogP contribution in [0.15, 0.2) is 85.1 Å². The zero-order valence-electron chi connectivity index (χ0n) is 22.8. The van der Waals surface area contributed by atoms with Crippen LogP contribution in [0.2, 0.25) is 0 Å². The van der Waals surface area contributed by atoms with E-state index < -0.39 is 12.4 Å². The van der Waals surface area contributed by atoms with Crippen molar-refractivity contribution in [2.75, 3.05) is 19.7 Å². The molecule has 1 rings (SSSR count). The highest BCUT2D eigenvalue weighted by atomic mass is 32.1. The van der Waals surface area contributed by atoms with Gasteiger partial charge in [-0.05, 0) is 57.4 Å². The molecule has 2 N–H and O–H groups in total. The highest BCUT2D eigenvalue weighted by Crippen LogP contribution is 2.12. The van der Waals surface area contributed by atoms with Gasteiger partial charge in [0, 0.05) is 31.6 Å². The van der Waals surface area contributed by atoms with Crippen LogP contribution in [0.5, 0.6) is 0 Å². The van der Waals surface area contributed by atoms with E-state index in [0.717, 1.165) is 50.7 Å². The van der Waals surface area contributed by atoms with E-state index in [-0.39, 0.29) is 31.4 Å². The van der Waals surface area contributed by atoms with Crippen molar-refractivity contribution in [3.05, 3.63) is 85.1 Å². The number of carbonyl (C=O) groups excluding carboxylic acids is 3. The van der Waals surface area contributed by atoms with Gasteiger partial charge in [-0.3, -0.25) is 14.4 Å². The Morgan fingerprint density at radius 2 is 1.29 bits per heavy atom. The number of allylic oxidation sites excluding steroid dienone is 12. The number of likely N-dealkylation sites (tertiary alicyclic amines) is 1. The van der Waals surface area contributed by atoms with Crippen LogP contribution in [0, 0.1) is 0 Å². The number of carbonyl (C=O) groups is 3. The molecule has 0 unspecified atom stereocenters. The molecule has 1 saturated heterocycles. The fourth-order valence-corrected chi connectivity index (χ4v) is 3.58. The molecule has 0 aliphatic carbocycles. The first-order chi connectivity index (χ1) is 18.1. The van der Waals surface area contributed by atoms with E-state index in [9.17, 15) is 14.4 Å². The third-order valence-corrected chi connectivity index (χ3v) is 5.59. The molecule has 1 heterocycles. The lowest BCUT2D eigenvalue weighted by atomic mass is 10.2. The van der Waals surface area contributed by atoms with Crippen LogP contribution in [0.4, 0.5) is 0 Å². The maximum Gasteiger partial charge on any atom is 0.244 e. The summed E-state index contributed by atoms with van der Waals surface area (Å²) in [5, 5.41) is 11.4. The molecule has 0 aromatic rings. The van der Waals surface area contributed by atoms with Crippen LogP contribution >= 0.6 is 13.5 Å². The zero-order valence-corrected chi connectivity index (χ0v) is 23.8. The van der Waals surface area contributed by atoms with Crippen molar-refractivity contribution in [1.82, 2.24) is 10.2 Å². The highest BCUT2D eigenvalue weighted by molar-refractivity contribution is 7.59. The number of amides is 2. The van der Waals surface area contributed by atoms with Gasteiger partial charge in [-0.2, -0.15) is 13.5 Å². The Morgan fingerprint density at radius 3 is 1.79 bits per heavy atom. The molecule has 0 bridgehead atoms. The third kappa shape index (κ3) is 19.2. The summed E-state index contributed by atoms with van der Waals surface area (Å²) in [5.74, 6) is -0.825. The third-order valence-electron chi connectivity index (χ3n) is 5.59. The first-order valence-electron chi connectivity index (χ1n) is 13.4. The van der Waals surface area contributed by atoms with Gasteiger partial charge < -0.3 is 15.3 Å². The van der Waals surface area contributed by atoms with Crippen LogP contribution in [0.25, 0.3) is 0 Å². The molecular weight excluding hydrogens is 496 g/mol. The Kier molecular flexibility index (Phi) is 22.6. The Bertz CT molecular complexity index is 884. The molecule has 0 spiro atoms. The van der Waals surface area contributed by atoms with E-state index >= 15 is 0 Å². The molecule has 1 atom stereocenters. The van der Waals surface area contributed by atoms with Crippen LogP contribution in [0.1, 0.15) is 64.7 Å². The number of hydrogen-bond acceptors (Lipinski definition) is 4. The first kappa shape index (κ1) is 35.1. The number of aliphatic hydroxyl groups is 1. The van der Waals surface area contributed by atoms with Crippen molar-refractivity contribution in [2.24, 2.45) is 0 Å². The molecule has 1 aliphatic rings. The monoisotopic (exact) mass is 542 g/mol. The number of nitrogens with zero attached hydrogens (tertiary/aromatic N) is 1. The summed E-state index contributed by atoms with van der Waals surface area (Å²) in [6.45, 7) is 2.62. The lowest BCUT2D eigenvalue weighted by Gasteiger charge is -2.16. The van der Waals surface area contributed by atoms with Gasteiger partial charge in [0.15, 0.2) is 5.78 Å². The summed E-state index contributed by atoms with van der Waals surface area (Å²) in [4.78, 5) is 37.0. The van der Waals surface area contributed by atoms with Crippen molar-refractivity contribution in [2.45, 2.75) is 70.8 Å². The van der Waals surface area contributed by atoms with E-state index in [0.29, 0.717) is 32.4 Å². The lowest BCUT2D eigenvalue weighted by molar-refractivity contribution is -0.130. The van der Waals surface area contributed by atoms with Crippen LogP contribution in [-0.4, -0.2) is 53.3 Å². The molecule has 1 aliphatic heterocycles. The van der Waals surface area contributed by atoms with Crippen molar-refractivity contribution >= 4 is 31.1 Å². The van der Waals surface area contributed by atoms with E-state index in [1.807, 2.05) is 6.08 Å². The van der Waals surface area contributed by atoms with Crippen molar-refractivity contribution < 1.29 is 19.5 Å². The summed E-state index contributed by atoms with van der Waals surface area (Å²) in [7, 11) is 0. The topological polar surface area (TPSA) is 86.7 Å². The average molecular weight is 543 g/mol. The minimum absolute atomic E-state index is 0. The number of nitrogens with one attached hydrogen (secondary N) is 1. The van der Waals surface area contributed by atoms with Crippen LogP contribution in [-0.2, 0) is 14.4 Å². The predicted octanol–water partition coefficient (Wildman–Crippen LogP) is 5.41. The standard InChI is InChI=1S/C31H44N2O4.H2S/c1-2-3-4-5-6-7-8-9-10-11-12-13-14-15-16-17-18-19-20-21-31(37)33-25-24-28(26-33)32-30(36)23-22-29(35)27-34;/h3-4,6-7,9-10,12-13,15-16,18-19,22-23,28,34H,2,5,8,11,14,17,20-21,24-27H2,1H3,(H,32,36);1H2/b4-3-,7-6-,10-9-,13-12-,16-15-,19-18-,23-22+;/t28-;/m0./s1. The van der Waals surface area contributed by atoms with Gasteiger partial charge in [-0.1, -0.05) is 79.8 Å². The summed E-state index contributed by atoms with van der Waals surface area (Å²) in [6.07, 6.45) is 35.7. The summed E-state index contributed by atoms with van der Waals surface area (Å²) in [5.41, 5.74) is 0. The molecular formula is C31H46N2O4S. The van der Waals surface area contributed by atoms with Gasteiger partial charge in [-0.25, -0.2) is 0 Å². The second-order valence-corrected chi connectivity index (χ2v) is 8.75. The van der Waals surface area contributed by atoms with Crippen molar-refractivity contribution in [3.8, 4) is 0 Å². The summed E-state index contributed by atoms with van der Waals surface area (Å²) in [6, 6.07) is -0.115. The van der Waals surface area contributed by atoms with Gasteiger partial charge >= 0.3 is 0 Å². The summed E-state index contributed by atoms with van der Waals surface area (Å²) < 4.78 is 0. The number of ketones is 1. The van der Waals surface area contributed by atoms with Crippen molar-refractivity contribution in [1.29, 1.82) is 0 Å². The van der Waals surface area contributed by atoms with E-state index in [4.69, 9.17) is 5.11 Å². The molecule has 0 saturated carbocycles. The van der Waals surface area contributed by atoms with Gasteiger partial charge in [0.05, 0.1) is 0 Å². The fraction of sp³-hybridized carbons (Fsp3) is 0.452. The molecule has 38 heavy (non-hydrogen) atoms. The SMILES string of the molecule is CC/C=C\C/C=C\C/C=C\C/C=C\C/C=C\C/C=C\CCC(=O)N1CC[C@H](NC(=O)/C=C/C(=O)CO)C1.S. The van der Waals surface area contributed by atoms with E-state index in [1.165, 1.54) is 0 Å². The second-order valence-electron chi connectivity index (χ2n) is 8.75. The number of aliphatic hydroxyl groups excluding tert-OH is 1.